The second kappa shape index (κ2) is 4.94. The van der Waals surface area contributed by atoms with Gasteiger partial charge in [0, 0.05) is 18.6 Å². The molecule has 2 rings (SSSR count). The number of hydrogen-bond donors (Lipinski definition) is 2. The molecular weight excluding hydrogens is 220 g/mol. The lowest BCUT2D eigenvalue weighted by Gasteiger charge is -2.24. The maximum absolute atomic E-state index is 12.0. The number of urea groups is 1. The fourth-order valence-electron chi connectivity index (χ4n) is 1.97. The number of aliphatic carboxylic acids is 1. The highest BCUT2D eigenvalue weighted by atomic mass is 16.4. The Kier molecular flexibility index (Phi) is 3.54. The molecule has 0 bridgehead atoms. The molecule has 0 radical (unpaired) electrons. The fourth-order valence-corrected chi connectivity index (χ4v) is 1.97. The van der Waals surface area contributed by atoms with Crippen LogP contribution in [0.5, 0.6) is 0 Å². The van der Waals surface area contributed by atoms with Crippen molar-refractivity contribution in [2.75, 3.05) is 6.54 Å². The van der Waals surface area contributed by atoms with E-state index in [9.17, 15) is 9.59 Å². The molecule has 1 unspecified atom stereocenters. The van der Waals surface area contributed by atoms with Gasteiger partial charge in [-0.25, -0.2) is 4.79 Å². The first-order chi connectivity index (χ1) is 8.06. The topological polar surface area (TPSA) is 69.6 Å². The molecule has 2 saturated carbocycles. The molecule has 0 aromatic carbocycles. The average molecular weight is 240 g/mol. The van der Waals surface area contributed by atoms with Gasteiger partial charge in [0.05, 0.1) is 6.42 Å². The Hall–Kier alpha value is -1.26. The van der Waals surface area contributed by atoms with Gasteiger partial charge in [-0.3, -0.25) is 4.79 Å². The van der Waals surface area contributed by atoms with Gasteiger partial charge in [-0.05, 0) is 38.5 Å². The largest absolute Gasteiger partial charge is 0.481 e. The Morgan fingerprint density at radius 2 is 2.00 bits per heavy atom. The summed E-state index contributed by atoms with van der Waals surface area (Å²) in [5.41, 5.74) is 0. The molecule has 2 fully saturated rings. The lowest BCUT2D eigenvalue weighted by atomic mass is 10.2. The predicted octanol–water partition coefficient (Wildman–Crippen LogP) is 1.43. The molecule has 17 heavy (non-hydrogen) atoms. The van der Waals surface area contributed by atoms with Crippen LogP contribution in [0.3, 0.4) is 0 Å². The Labute approximate surface area is 101 Å². The summed E-state index contributed by atoms with van der Waals surface area (Å²) < 4.78 is 0. The van der Waals surface area contributed by atoms with Gasteiger partial charge < -0.3 is 15.3 Å². The van der Waals surface area contributed by atoms with Crippen molar-refractivity contribution in [1.29, 1.82) is 0 Å². The number of nitrogens with one attached hydrogen (secondary N) is 1. The molecule has 5 nitrogen and oxygen atoms in total. The maximum atomic E-state index is 12.0. The van der Waals surface area contributed by atoms with Crippen molar-refractivity contribution in [3.05, 3.63) is 0 Å². The van der Waals surface area contributed by atoms with E-state index in [4.69, 9.17) is 5.11 Å². The molecule has 0 aliphatic heterocycles. The van der Waals surface area contributed by atoms with E-state index in [2.05, 4.69) is 5.32 Å². The zero-order valence-corrected chi connectivity index (χ0v) is 10.2. The van der Waals surface area contributed by atoms with E-state index in [0.717, 1.165) is 19.4 Å². The number of nitrogens with zero attached hydrogens (tertiary/aromatic N) is 1. The van der Waals surface area contributed by atoms with Crippen LogP contribution < -0.4 is 5.32 Å². The molecule has 2 N–H and O–H groups in total. The van der Waals surface area contributed by atoms with Gasteiger partial charge in [0.1, 0.15) is 0 Å². The quantitative estimate of drug-likeness (QED) is 0.738. The smallest absolute Gasteiger partial charge is 0.317 e. The highest BCUT2D eigenvalue weighted by Crippen LogP contribution is 2.34. The van der Waals surface area contributed by atoms with Crippen LogP contribution >= 0.6 is 0 Å². The van der Waals surface area contributed by atoms with E-state index in [1.165, 1.54) is 12.8 Å². The number of carboxylic acids is 1. The molecule has 96 valence electrons. The van der Waals surface area contributed by atoms with Crippen molar-refractivity contribution in [3.63, 3.8) is 0 Å². The van der Waals surface area contributed by atoms with E-state index >= 15 is 0 Å². The normalized spacial score (nSPS) is 20.8. The second-order valence-corrected chi connectivity index (χ2v) is 5.28. The van der Waals surface area contributed by atoms with E-state index in [1.807, 2.05) is 4.90 Å². The van der Waals surface area contributed by atoms with Crippen LogP contribution in [0.15, 0.2) is 0 Å². The summed E-state index contributed by atoms with van der Waals surface area (Å²) in [4.78, 5) is 24.4. The number of amides is 2. The van der Waals surface area contributed by atoms with E-state index < -0.39 is 5.97 Å². The second-order valence-electron chi connectivity index (χ2n) is 5.28. The minimum Gasteiger partial charge on any atom is -0.481 e. The number of rotatable bonds is 6. The summed E-state index contributed by atoms with van der Waals surface area (Å²) in [5.74, 6) is -0.200. The molecule has 0 spiro atoms. The first kappa shape index (κ1) is 12.2. The van der Waals surface area contributed by atoms with Crippen molar-refractivity contribution in [2.45, 2.75) is 51.1 Å². The number of carbonyl (C=O) groups is 2. The molecule has 0 aromatic rings. The lowest BCUT2D eigenvalue weighted by molar-refractivity contribution is -0.137. The summed E-state index contributed by atoms with van der Waals surface area (Å²) in [7, 11) is 0. The summed E-state index contributed by atoms with van der Waals surface area (Å²) >= 11 is 0. The van der Waals surface area contributed by atoms with Crippen molar-refractivity contribution in [2.24, 2.45) is 5.92 Å². The minimum atomic E-state index is -0.877. The minimum absolute atomic E-state index is 0.0202. The van der Waals surface area contributed by atoms with Gasteiger partial charge in [0.2, 0.25) is 0 Å². The van der Waals surface area contributed by atoms with Gasteiger partial charge in [0.15, 0.2) is 0 Å². The molecule has 1 atom stereocenters. The Balaban J connectivity index is 1.80. The highest BCUT2D eigenvalue weighted by molar-refractivity contribution is 5.76. The number of carboxylic acid groups (broad SMARTS) is 1. The van der Waals surface area contributed by atoms with Gasteiger partial charge >= 0.3 is 12.0 Å². The standard InChI is InChI=1S/C12H20N2O3/c1-8(6-11(15)16)13-12(17)14(10-4-5-10)7-9-2-3-9/h8-10H,2-7H2,1H3,(H,13,17)(H,15,16). The summed E-state index contributed by atoms with van der Waals surface area (Å²) in [6, 6.07) is 0.00114. The first-order valence-corrected chi connectivity index (χ1v) is 6.35. The van der Waals surface area contributed by atoms with Crippen LogP contribution in [0.2, 0.25) is 0 Å². The van der Waals surface area contributed by atoms with E-state index in [0.29, 0.717) is 12.0 Å². The summed E-state index contributed by atoms with van der Waals surface area (Å²) in [5, 5.41) is 11.4. The van der Waals surface area contributed by atoms with Crippen molar-refractivity contribution < 1.29 is 14.7 Å². The van der Waals surface area contributed by atoms with Crippen molar-refractivity contribution >= 4 is 12.0 Å². The number of hydrogen-bond acceptors (Lipinski definition) is 2. The fraction of sp³-hybridized carbons (Fsp3) is 0.833. The number of carbonyl (C=O) groups excluding carboxylic acids is 1. The Morgan fingerprint density at radius 3 is 2.47 bits per heavy atom. The van der Waals surface area contributed by atoms with Crippen molar-refractivity contribution in [3.8, 4) is 0 Å². The van der Waals surface area contributed by atoms with Crippen molar-refractivity contribution in [1.82, 2.24) is 10.2 Å². The average Bonchev–Trinajstić information content (AvgIpc) is 3.07. The summed E-state index contributed by atoms with van der Waals surface area (Å²) in [6.45, 7) is 2.57. The van der Waals surface area contributed by atoms with Gasteiger partial charge in [-0.15, -0.1) is 0 Å². The molecule has 0 aromatic heterocycles. The third-order valence-electron chi connectivity index (χ3n) is 3.25. The zero-order valence-electron chi connectivity index (χ0n) is 10.2. The lowest BCUT2D eigenvalue weighted by Crippen LogP contribution is -2.46. The predicted molar refractivity (Wildman–Crippen MR) is 62.7 cm³/mol. The van der Waals surface area contributed by atoms with Gasteiger partial charge in [0.25, 0.3) is 0 Å². The molecule has 0 heterocycles. The van der Waals surface area contributed by atoms with Crippen LogP contribution in [0.1, 0.15) is 39.0 Å². The summed E-state index contributed by atoms with van der Waals surface area (Å²) in [6.07, 6.45) is 4.61. The molecule has 2 aliphatic rings. The Morgan fingerprint density at radius 1 is 1.35 bits per heavy atom. The SMILES string of the molecule is CC(CC(=O)O)NC(=O)N(CC1CC1)C1CC1. The van der Waals surface area contributed by atoms with E-state index in [1.54, 1.807) is 6.92 Å². The van der Waals surface area contributed by atoms with Gasteiger partial charge in [-0.2, -0.15) is 0 Å². The monoisotopic (exact) mass is 240 g/mol. The molecular formula is C12H20N2O3. The van der Waals surface area contributed by atoms with Crippen LogP contribution in [-0.2, 0) is 4.79 Å². The molecule has 2 amide bonds. The molecule has 5 heteroatoms. The molecule has 2 aliphatic carbocycles. The van der Waals surface area contributed by atoms with Crippen LogP contribution in [0, 0.1) is 5.92 Å². The van der Waals surface area contributed by atoms with Crippen LogP contribution in [-0.4, -0.2) is 40.6 Å². The maximum Gasteiger partial charge on any atom is 0.317 e. The Bertz CT molecular complexity index is 311. The third kappa shape index (κ3) is 3.91. The first-order valence-electron chi connectivity index (χ1n) is 6.35. The van der Waals surface area contributed by atoms with Crippen LogP contribution in [0.25, 0.3) is 0 Å². The van der Waals surface area contributed by atoms with Crippen LogP contribution in [0.4, 0.5) is 4.79 Å². The van der Waals surface area contributed by atoms with Gasteiger partial charge in [-0.1, -0.05) is 0 Å². The molecule has 0 saturated heterocycles. The van der Waals surface area contributed by atoms with E-state index in [-0.39, 0.29) is 18.5 Å². The highest BCUT2D eigenvalue weighted by Gasteiger charge is 2.36. The zero-order chi connectivity index (χ0) is 12.4. The third-order valence-corrected chi connectivity index (χ3v) is 3.25.